The van der Waals surface area contributed by atoms with E-state index in [9.17, 15) is 0 Å². The van der Waals surface area contributed by atoms with Gasteiger partial charge in [0.05, 0.1) is 6.04 Å². The van der Waals surface area contributed by atoms with E-state index in [0.29, 0.717) is 5.92 Å². The van der Waals surface area contributed by atoms with Crippen LogP contribution in [0.15, 0.2) is 0 Å². The highest BCUT2D eigenvalue weighted by Crippen LogP contribution is 2.17. The summed E-state index contributed by atoms with van der Waals surface area (Å²) in [5.74, 6) is 0.692. The van der Waals surface area contributed by atoms with Crippen molar-refractivity contribution in [3.63, 3.8) is 0 Å². The van der Waals surface area contributed by atoms with Gasteiger partial charge in [-0.2, -0.15) is 0 Å². The molecule has 1 aliphatic rings. The van der Waals surface area contributed by atoms with E-state index in [1.165, 1.54) is 6.04 Å². The molecule has 2 heteroatoms. The van der Waals surface area contributed by atoms with Crippen molar-refractivity contribution in [1.29, 1.82) is 0 Å². The number of likely N-dealkylation sites (N-methyl/N-ethyl adjacent to an activating group) is 1. The minimum absolute atomic E-state index is 0.692. The largest absolute Gasteiger partial charge is 0.314 e. The highest BCUT2D eigenvalue weighted by atomic mass is 15.2. The number of hydrogen-bond acceptors (Lipinski definition) is 2. The summed E-state index contributed by atoms with van der Waals surface area (Å²) in [5, 5.41) is 3.37. The van der Waals surface area contributed by atoms with Gasteiger partial charge in [-0.15, -0.1) is 0 Å². The van der Waals surface area contributed by atoms with Crippen molar-refractivity contribution >= 4 is 0 Å². The van der Waals surface area contributed by atoms with Crippen LogP contribution in [0.3, 0.4) is 0 Å². The standard InChI is InChI=1S/C8H17N2/c1-7(2)8-6-9-4-5-10(8)3/h7,9H,4-6H2,1-3H3. The molecule has 0 spiro atoms. The zero-order chi connectivity index (χ0) is 7.56. The molecule has 2 nitrogen and oxygen atoms in total. The molecule has 0 saturated carbocycles. The normalized spacial score (nSPS) is 24.0. The third kappa shape index (κ3) is 1.70. The Morgan fingerprint density at radius 3 is 2.60 bits per heavy atom. The van der Waals surface area contributed by atoms with E-state index in [-0.39, 0.29) is 0 Å². The van der Waals surface area contributed by atoms with E-state index >= 15 is 0 Å². The molecule has 1 radical (unpaired) electrons. The second-order valence-electron chi connectivity index (χ2n) is 3.24. The van der Waals surface area contributed by atoms with Gasteiger partial charge in [0.1, 0.15) is 0 Å². The third-order valence-corrected chi connectivity index (χ3v) is 2.09. The Morgan fingerprint density at radius 1 is 1.50 bits per heavy atom. The second-order valence-corrected chi connectivity index (χ2v) is 3.24. The lowest BCUT2D eigenvalue weighted by Gasteiger charge is -2.34. The summed E-state index contributed by atoms with van der Waals surface area (Å²) in [6, 6.07) is 1.53. The van der Waals surface area contributed by atoms with E-state index in [0.717, 1.165) is 19.6 Å². The lowest BCUT2D eigenvalue weighted by molar-refractivity contribution is 0.248. The maximum absolute atomic E-state index is 3.37. The van der Waals surface area contributed by atoms with Crippen molar-refractivity contribution in [1.82, 2.24) is 10.2 Å². The van der Waals surface area contributed by atoms with Crippen LogP contribution in [0, 0.1) is 12.0 Å². The molecule has 1 aliphatic heterocycles. The van der Waals surface area contributed by atoms with Crippen LogP contribution in [-0.2, 0) is 0 Å². The van der Waals surface area contributed by atoms with Gasteiger partial charge in [0, 0.05) is 19.6 Å². The minimum atomic E-state index is 0.692. The average Bonchev–Trinajstić information content (AvgIpc) is 1.88. The van der Waals surface area contributed by atoms with Gasteiger partial charge in [-0.25, -0.2) is 0 Å². The number of rotatable bonds is 1. The van der Waals surface area contributed by atoms with Gasteiger partial charge in [0.25, 0.3) is 0 Å². The molecule has 1 fully saturated rings. The second kappa shape index (κ2) is 3.35. The Labute approximate surface area is 63.6 Å². The maximum Gasteiger partial charge on any atom is 0.0553 e. The summed E-state index contributed by atoms with van der Waals surface area (Å²) in [5.41, 5.74) is 0. The summed E-state index contributed by atoms with van der Waals surface area (Å²) in [6.07, 6.45) is 0. The predicted molar refractivity (Wildman–Crippen MR) is 43.6 cm³/mol. The van der Waals surface area contributed by atoms with Gasteiger partial charge >= 0.3 is 0 Å². The van der Waals surface area contributed by atoms with Gasteiger partial charge in [-0.1, -0.05) is 13.8 Å². The lowest BCUT2D eigenvalue weighted by atomic mass is 10.0. The Bertz CT molecular complexity index is 101. The Balaban J connectivity index is 2.40. The van der Waals surface area contributed by atoms with Crippen molar-refractivity contribution in [2.45, 2.75) is 13.8 Å². The van der Waals surface area contributed by atoms with Gasteiger partial charge < -0.3 is 5.32 Å². The molecule has 10 heavy (non-hydrogen) atoms. The average molecular weight is 141 g/mol. The van der Waals surface area contributed by atoms with E-state index < -0.39 is 0 Å². The first-order valence-corrected chi connectivity index (χ1v) is 3.99. The summed E-state index contributed by atoms with van der Waals surface area (Å²) < 4.78 is 0. The molecular formula is C8H17N2. The van der Waals surface area contributed by atoms with Crippen molar-refractivity contribution < 1.29 is 0 Å². The van der Waals surface area contributed by atoms with E-state index in [2.05, 4.69) is 31.1 Å². The molecule has 1 saturated heterocycles. The fourth-order valence-corrected chi connectivity index (χ4v) is 1.39. The smallest absolute Gasteiger partial charge is 0.0553 e. The molecule has 0 aromatic carbocycles. The van der Waals surface area contributed by atoms with Gasteiger partial charge in [-0.3, -0.25) is 4.90 Å². The zero-order valence-corrected chi connectivity index (χ0v) is 7.15. The monoisotopic (exact) mass is 141 g/mol. The van der Waals surface area contributed by atoms with Crippen molar-refractivity contribution in [3.8, 4) is 0 Å². The SMILES string of the molecule is CC(C)[C]1CNCCN1C. The van der Waals surface area contributed by atoms with Crippen molar-refractivity contribution in [3.05, 3.63) is 6.04 Å². The minimum Gasteiger partial charge on any atom is -0.314 e. The van der Waals surface area contributed by atoms with Crippen LogP contribution in [0.5, 0.6) is 0 Å². The quantitative estimate of drug-likeness (QED) is 0.578. The Kier molecular flexibility index (Phi) is 2.69. The van der Waals surface area contributed by atoms with Gasteiger partial charge in [-0.05, 0) is 13.0 Å². The first kappa shape index (κ1) is 8.02. The number of nitrogens with one attached hydrogen (secondary N) is 1. The molecule has 0 atom stereocenters. The van der Waals surface area contributed by atoms with Gasteiger partial charge in [0.15, 0.2) is 0 Å². The number of hydrogen-bond donors (Lipinski definition) is 1. The zero-order valence-electron chi connectivity index (χ0n) is 7.15. The number of nitrogens with zero attached hydrogens (tertiary/aromatic N) is 1. The Morgan fingerprint density at radius 2 is 2.20 bits per heavy atom. The molecule has 0 bridgehead atoms. The summed E-state index contributed by atoms with van der Waals surface area (Å²) in [4.78, 5) is 2.36. The fourth-order valence-electron chi connectivity index (χ4n) is 1.39. The summed E-state index contributed by atoms with van der Waals surface area (Å²) >= 11 is 0. The molecule has 59 valence electrons. The molecule has 0 aromatic rings. The molecule has 0 aliphatic carbocycles. The van der Waals surface area contributed by atoms with Crippen LogP contribution in [0.4, 0.5) is 0 Å². The van der Waals surface area contributed by atoms with Crippen LogP contribution in [0.2, 0.25) is 0 Å². The van der Waals surface area contributed by atoms with Crippen LogP contribution >= 0.6 is 0 Å². The molecule has 0 aromatic heterocycles. The van der Waals surface area contributed by atoms with E-state index in [4.69, 9.17) is 0 Å². The molecule has 1 rings (SSSR count). The van der Waals surface area contributed by atoms with Crippen LogP contribution < -0.4 is 5.32 Å². The Hall–Kier alpha value is -0.0800. The van der Waals surface area contributed by atoms with Crippen LogP contribution in [0.25, 0.3) is 0 Å². The van der Waals surface area contributed by atoms with E-state index in [1.807, 2.05) is 0 Å². The lowest BCUT2D eigenvalue weighted by Crippen LogP contribution is -2.45. The maximum atomic E-state index is 3.37. The first-order valence-electron chi connectivity index (χ1n) is 3.99. The van der Waals surface area contributed by atoms with Crippen molar-refractivity contribution in [2.75, 3.05) is 26.7 Å². The molecule has 1 heterocycles. The molecular weight excluding hydrogens is 124 g/mol. The molecule has 1 N–H and O–H groups in total. The molecule has 0 amide bonds. The van der Waals surface area contributed by atoms with Crippen LogP contribution in [-0.4, -0.2) is 31.6 Å². The first-order chi connectivity index (χ1) is 4.72. The highest BCUT2D eigenvalue weighted by molar-refractivity contribution is 4.96. The third-order valence-electron chi connectivity index (χ3n) is 2.09. The molecule has 0 unspecified atom stereocenters. The summed E-state index contributed by atoms with van der Waals surface area (Å²) in [7, 11) is 2.18. The van der Waals surface area contributed by atoms with Crippen molar-refractivity contribution in [2.24, 2.45) is 5.92 Å². The highest BCUT2D eigenvalue weighted by Gasteiger charge is 2.21. The number of piperazine rings is 1. The predicted octanol–water partition coefficient (Wildman–Crippen LogP) is 0.709. The van der Waals surface area contributed by atoms with Gasteiger partial charge in [0.2, 0.25) is 0 Å². The van der Waals surface area contributed by atoms with E-state index in [1.54, 1.807) is 0 Å². The fraction of sp³-hybridized carbons (Fsp3) is 0.875. The van der Waals surface area contributed by atoms with Crippen LogP contribution in [0.1, 0.15) is 13.8 Å². The topological polar surface area (TPSA) is 15.3 Å². The summed E-state index contributed by atoms with van der Waals surface area (Å²) in [6.45, 7) is 7.87.